The van der Waals surface area contributed by atoms with E-state index < -0.39 is 6.09 Å². The summed E-state index contributed by atoms with van der Waals surface area (Å²) >= 11 is 0. The molecule has 6 heteroatoms. The molecule has 6 nitrogen and oxygen atoms in total. The number of likely N-dealkylation sites (N-methyl/N-ethyl adjacent to an activating group) is 1. The van der Waals surface area contributed by atoms with E-state index in [1.165, 1.54) is 4.90 Å². The number of ether oxygens (including phenoxy) is 1. The molecule has 1 aromatic rings. The van der Waals surface area contributed by atoms with Crippen LogP contribution in [0.3, 0.4) is 0 Å². The molecule has 0 aromatic heterocycles. The zero-order valence-corrected chi connectivity index (χ0v) is 9.61. The summed E-state index contributed by atoms with van der Waals surface area (Å²) in [6, 6.07) is 9.43. The van der Waals surface area contributed by atoms with Crippen LogP contribution in [0.2, 0.25) is 0 Å². The Bertz CT molecular complexity index is 401. The average Bonchev–Trinajstić information content (AvgIpc) is 2.37. The van der Waals surface area contributed by atoms with E-state index in [0.29, 0.717) is 6.54 Å². The van der Waals surface area contributed by atoms with Gasteiger partial charge in [0.1, 0.15) is 6.61 Å². The van der Waals surface area contributed by atoms with Gasteiger partial charge in [-0.25, -0.2) is 4.79 Å². The summed E-state index contributed by atoms with van der Waals surface area (Å²) in [4.78, 5) is 15.5. The molecule has 1 aromatic carbocycles. The van der Waals surface area contributed by atoms with E-state index in [4.69, 9.17) is 10.3 Å². The summed E-state index contributed by atoms with van der Waals surface area (Å²) in [6.45, 7) is 0.830. The number of carbonyl (C=O) groups excluding carboxylic acids is 1. The van der Waals surface area contributed by atoms with E-state index in [1.54, 1.807) is 7.05 Å². The molecule has 0 heterocycles. The van der Waals surface area contributed by atoms with Gasteiger partial charge in [0, 0.05) is 25.0 Å². The highest BCUT2D eigenvalue weighted by molar-refractivity contribution is 5.67. The number of rotatable bonds is 5. The van der Waals surface area contributed by atoms with Gasteiger partial charge in [-0.3, -0.25) is 0 Å². The van der Waals surface area contributed by atoms with Crippen LogP contribution in [-0.2, 0) is 11.3 Å². The van der Waals surface area contributed by atoms with Crippen molar-refractivity contribution in [3.8, 4) is 0 Å². The molecule has 1 amide bonds. The lowest BCUT2D eigenvalue weighted by Crippen LogP contribution is -2.29. The predicted octanol–water partition coefficient (Wildman–Crippen LogP) is 2.57. The zero-order valence-electron chi connectivity index (χ0n) is 9.61. The van der Waals surface area contributed by atoms with Gasteiger partial charge in [0.15, 0.2) is 0 Å². The molecule has 0 aliphatic rings. The lowest BCUT2D eigenvalue weighted by molar-refractivity contribution is 0.106. The van der Waals surface area contributed by atoms with Crippen LogP contribution < -0.4 is 0 Å². The Morgan fingerprint density at radius 3 is 2.82 bits per heavy atom. The monoisotopic (exact) mass is 234 g/mol. The van der Waals surface area contributed by atoms with Gasteiger partial charge in [-0.15, -0.1) is 0 Å². The first-order valence-electron chi connectivity index (χ1n) is 5.16. The third kappa shape index (κ3) is 4.90. The molecular formula is C11H14N4O2. The van der Waals surface area contributed by atoms with Crippen LogP contribution in [0, 0.1) is 0 Å². The van der Waals surface area contributed by atoms with E-state index in [0.717, 1.165) is 5.56 Å². The molecule has 1 rings (SSSR count). The van der Waals surface area contributed by atoms with Gasteiger partial charge in [0.2, 0.25) is 0 Å². The molecule has 0 unspecified atom stereocenters. The minimum Gasteiger partial charge on any atom is -0.445 e. The van der Waals surface area contributed by atoms with Crippen molar-refractivity contribution in [3.05, 3.63) is 46.3 Å². The van der Waals surface area contributed by atoms with Gasteiger partial charge in [-0.05, 0) is 11.1 Å². The second-order valence-corrected chi connectivity index (χ2v) is 3.42. The van der Waals surface area contributed by atoms with E-state index in [2.05, 4.69) is 10.0 Å². The average molecular weight is 234 g/mol. The largest absolute Gasteiger partial charge is 0.445 e. The van der Waals surface area contributed by atoms with Crippen molar-refractivity contribution in [1.29, 1.82) is 0 Å². The van der Waals surface area contributed by atoms with Crippen LogP contribution in [0.15, 0.2) is 35.4 Å². The first-order chi connectivity index (χ1) is 8.24. The van der Waals surface area contributed by atoms with Gasteiger partial charge < -0.3 is 9.64 Å². The number of nitrogens with zero attached hydrogens (tertiary/aromatic N) is 4. The first kappa shape index (κ1) is 12.9. The fourth-order valence-corrected chi connectivity index (χ4v) is 1.16. The quantitative estimate of drug-likeness (QED) is 0.446. The molecule has 0 atom stereocenters. The predicted molar refractivity (Wildman–Crippen MR) is 63.3 cm³/mol. The highest BCUT2D eigenvalue weighted by Gasteiger charge is 2.08. The van der Waals surface area contributed by atoms with Gasteiger partial charge in [0.25, 0.3) is 0 Å². The Labute approximate surface area is 99.4 Å². The molecule has 0 saturated carbocycles. The molecule has 90 valence electrons. The van der Waals surface area contributed by atoms with Crippen LogP contribution in [0.1, 0.15) is 5.56 Å². The Balaban J connectivity index is 2.31. The minimum atomic E-state index is -0.429. The molecule has 0 bridgehead atoms. The molecule has 0 saturated heterocycles. The molecule has 0 radical (unpaired) electrons. The van der Waals surface area contributed by atoms with Crippen molar-refractivity contribution in [2.75, 3.05) is 20.1 Å². The molecule has 0 spiro atoms. The second kappa shape index (κ2) is 7.14. The number of amides is 1. The lowest BCUT2D eigenvalue weighted by atomic mass is 10.2. The number of carbonyl (C=O) groups is 1. The Morgan fingerprint density at radius 1 is 1.47 bits per heavy atom. The maximum Gasteiger partial charge on any atom is 0.409 e. The summed E-state index contributed by atoms with van der Waals surface area (Å²) in [6.07, 6.45) is -0.429. The SMILES string of the molecule is CN(CCN=[N+]=[N-])C(=O)OCc1ccccc1. The molecule has 0 aliphatic heterocycles. The fraction of sp³-hybridized carbons (Fsp3) is 0.364. The van der Waals surface area contributed by atoms with Crippen molar-refractivity contribution in [1.82, 2.24) is 4.90 Å². The Morgan fingerprint density at radius 2 is 2.18 bits per heavy atom. The number of hydrogen-bond acceptors (Lipinski definition) is 3. The van der Waals surface area contributed by atoms with Crippen LogP contribution >= 0.6 is 0 Å². The number of azide groups is 1. The molecule has 0 N–H and O–H groups in total. The summed E-state index contributed by atoms with van der Waals surface area (Å²) < 4.78 is 5.07. The third-order valence-corrected chi connectivity index (χ3v) is 2.12. The summed E-state index contributed by atoms with van der Waals surface area (Å²) in [5.74, 6) is 0. The summed E-state index contributed by atoms with van der Waals surface area (Å²) in [7, 11) is 1.60. The normalized spacial score (nSPS) is 9.24. The topological polar surface area (TPSA) is 78.3 Å². The van der Waals surface area contributed by atoms with Gasteiger partial charge in [-0.2, -0.15) is 0 Å². The van der Waals surface area contributed by atoms with Crippen molar-refractivity contribution < 1.29 is 9.53 Å². The molecule has 17 heavy (non-hydrogen) atoms. The summed E-state index contributed by atoms with van der Waals surface area (Å²) in [5.41, 5.74) is 9.03. The van der Waals surface area contributed by atoms with Crippen LogP contribution in [0.25, 0.3) is 10.4 Å². The molecule has 0 aliphatic carbocycles. The van der Waals surface area contributed by atoms with Crippen molar-refractivity contribution in [2.45, 2.75) is 6.61 Å². The van der Waals surface area contributed by atoms with Crippen LogP contribution in [-0.4, -0.2) is 31.1 Å². The number of benzene rings is 1. The van der Waals surface area contributed by atoms with Crippen LogP contribution in [0.4, 0.5) is 4.79 Å². The lowest BCUT2D eigenvalue weighted by Gasteiger charge is -2.15. The first-order valence-corrected chi connectivity index (χ1v) is 5.16. The van der Waals surface area contributed by atoms with Crippen LogP contribution in [0.5, 0.6) is 0 Å². The van der Waals surface area contributed by atoms with Crippen molar-refractivity contribution in [2.24, 2.45) is 5.11 Å². The number of hydrogen-bond donors (Lipinski definition) is 0. The minimum absolute atomic E-state index is 0.242. The molecular weight excluding hydrogens is 220 g/mol. The zero-order chi connectivity index (χ0) is 12.5. The molecule has 0 fully saturated rings. The second-order valence-electron chi connectivity index (χ2n) is 3.42. The van der Waals surface area contributed by atoms with Gasteiger partial charge >= 0.3 is 6.09 Å². The Kier molecular flexibility index (Phi) is 5.40. The maximum atomic E-state index is 11.5. The van der Waals surface area contributed by atoms with E-state index in [1.807, 2.05) is 30.3 Å². The third-order valence-electron chi connectivity index (χ3n) is 2.12. The summed E-state index contributed by atoms with van der Waals surface area (Å²) in [5, 5.41) is 3.34. The smallest absolute Gasteiger partial charge is 0.409 e. The van der Waals surface area contributed by atoms with E-state index in [-0.39, 0.29) is 13.2 Å². The fourth-order valence-electron chi connectivity index (χ4n) is 1.16. The standard InChI is InChI=1S/C11H14N4O2/c1-15(8-7-13-14-12)11(16)17-9-10-5-3-2-4-6-10/h2-6H,7-9H2,1H3. The Hall–Kier alpha value is -2.20. The van der Waals surface area contributed by atoms with Gasteiger partial charge in [-0.1, -0.05) is 35.4 Å². The van der Waals surface area contributed by atoms with Crippen molar-refractivity contribution >= 4 is 6.09 Å². The van der Waals surface area contributed by atoms with E-state index >= 15 is 0 Å². The maximum absolute atomic E-state index is 11.5. The van der Waals surface area contributed by atoms with E-state index in [9.17, 15) is 4.79 Å². The highest BCUT2D eigenvalue weighted by atomic mass is 16.6. The highest BCUT2D eigenvalue weighted by Crippen LogP contribution is 2.02. The van der Waals surface area contributed by atoms with Crippen molar-refractivity contribution in [3.63, 3.8) is 0 Å². The van der Waals surface area contributed by atoms with Gasteiger partial charge in [0.05, 0.1) is 0 Å².